The van der Waals surface area contributed by atoms with Crippen molar-refractivity contribution in [2.24, 2.45) is 29.6 Å². The van der Waals surface area contributed by atoms with Crippen molar-refractivity contribution in [1.29, 1.82) is 0 Å². The molecular weight excluding hydrogens is 605 g/mol. The average Bonchev–Trinajstić information content (AvgIpc) is 3.88. The molecule has 45 heavy (non-hydrogen) atoms. The molecule has 0 heterocycles. The Morgan fingerprint density at radius 1 is 0.711 bits per heavy atom. The topological polar surface area (TPSA) is 97.7 Å². The molecule has 8 heteroatoms. The SMILES string of the molecule is O=S(=O)(O)c1ccc(OS(=O)(=O)c2c(C3CC4CCC3C4)cc(C3CC4CCC3C4)cc2C23CCC(CC2)C3)c2ccccc12. The lowest BCUT2D eigenvalue weighted by molar-refractivity contribution is 0.388. The predicted molar refractivity (Wildman–Crippen MR) is 173 cm³/mol. The van der Waals surface area contributed by atoms with Crippen molar-refractivity contribution in [3.8, 4) is 5.75 Å². The molecule has 0 aromatic heterocycles. The summed E-state index contributed by atoms with van der Waals surface area (Å²) in [7, 11) is -8.81. The second kappa shape index (κ2) is 10.0. The molecule has 0 amide bonds. The Balaban J connectivity index is 1.24. The van der Waals surface area contributed by atoms with E-state index in [1.54, 1.807) is 24.3 Å². The van der Waals surface area contributed by atoms with E-state index in [9.17, 15) is 21.4 Å². The molecule has 6 aliphatic carbocycles. The Morgan fingerprint density at radius 2 is 1.38 bits per heavy atom. The molecule has 6 aliphatic rings. The van der Waals surface area contributed by atoms with Crippen LogP contribution in [0.25, 0.3) is 10.8 Å². The molecule has 6 saturated carbocycles. The van der Waals surface area contributed by atoms with Crippen LogP contribution < -0.4 is 4.18 Å². The van der Waals surface area contributed by atoms with Crippen molar-refractivity contribution < 1.29 is 25.6 Å². The van der Waals surface area contributed by atoms with Gasteiger partial charge in [0.1, 0.15) is 9.79 Å². The van der Waals surface area contributed by atoms with Crippen LogP contribution in [-0.4, -0.2) is 21.4 Å². The molecule has 6 atom stereocenters. The van der Waals surface area contributed by atoms with Crippen molar-refractivity contribution in [3.05, 3.63) is 65.2 Å². The minimum atomic E-state index is -4.51. The van der Waals surface area contributed by atoms with E-state index >= 15 is 0 Å². The van der Waals surface area contributed by atoms with Crippen molar-refractivity contribution in [1.82, 2.24) is 0 Å². The molecule has 238 valence electrons. The van der Waals surface area contributed by atoms with Gasteiger partial charge in [-0.1, -0.05) is 49.2 Å². The molecule has 0 spiro atoms. The zero-order valence-corrected chi connectivity index (χ0v) is 27.3. The monoisotopic (exact) mass is 646 g/mol. The van der Waals surface area contributed by atoms with Crippen molar-refractivity contribution in [2.45, 2.75) is 111 Å². The van der Waals surface area contributed by atoms with E-state index in [0.29, 0.717) is 39.9 Å². The second-order valence-electron chi connectivity index (χ2n) is 15.6. The highest BCUT2D eigenvalue weighted by Gasteiger charge is 2.51. The Hall–Kier alpha value is -2.42. The summed E-state index contributed by atoms with van der Waals surface area (Å²) in [5.74, 6) is 4.19. The van der Waals surface area contributed by atoms with E-state index in [1.807, 2.05) is 0 Å². The molecule has 3 aromatic carbocycles. The van der Waals surface area contributed by atoms with Gasteiger partial charge in [0.25, 0.3) is 10.1 Å². The van der Waals surface area contributed by atoms with E-state index in [-0.39, 0.29) is 27.4 Å². The lowest BCUT2D eigenvalue weighted by Crippen LogP contribution is -2.28. The first kappa shape index (κ1) is 28.8. The predicted octanol–water partition coefficient (Wildman–Crippen LogP) is 8.49. The highest BCUT2D eigenvalue weighted by Crippen LogP contribution is 2.61. The number of benzene rings is 3. The maximum absolute atomic E-state index is 14.9. The lowest BCUT2D eigenvalue weighted by Gasteiger charge is -2.35. The molecule has 1 N–H and O–H groups in total. The Bertz CT molecular complexity index is 1920. The minimum Gasteiger partial charge on any atom is -0.378 e. The Labute approximate surface area is 266 Å². The normalized spacial score (nSPS) is 35.2. The van der Waals surface area contributed by atoms with E-state index in [4.69, 9.17) is 4.18 Å². The average molecular weight is 647 g/mol. The van der Waals surface area contributed by atoms with Crippen molar-refractivity contribution in [2.75, 3.05) is 0 Å². The van der Waals surface area contributed by atoms with Crippen LogP contribution in [0.1, 0.15) is 112 Å². The number of hydrogen-bond donors (Lipinski definition) is 1. The van der Waals surface area contributed by atoms with Gasteiger partial charge >= 0.3 is 10.1 Å². The smallest absolute Gasteiger partial charge is 0.339 e. The first-order valence-corrected chi connectivity index (χ1v) is 20.0. The maximum atomic E-state index is 14.9. The summed E-state index contributed by atoms with van der Waals surface area (Å²) in [5, 5.41) is 0.582. The van der Waals surface area contributed by atoms with Crippen LogP contribution in [0, 0.1) is 29.6 Å². The van der Waals surface area contributed by atoms with E-state index in [0.717, 1.165) is 62.0 Å². The second-order valence-corrected chi connectivity index (χ2v) is 18.5. The zero-order chi connectivity index (χ0) is 30.7. The van der Waals surface area contributed by atoms with Crippen LogP contribution in [0.3, 0.4) is 0 Å². The summed E-state index contributed by atoms with van der Waals surface area (Å²) < 4.78 is 70.2. The highest BCUT2D eigenvalue weighted by atomic mass is 32.2. The fourth-order valence-electron chi connectivity index (χ4n) is 11.4. The summed E-state index contributed by atoms with van der Waals surface area (Å²) in [5.41, 5.74) is 3.26. The Morgan fingerprint density at radius 3 is 1.96 bits per heavy atom. The van der Waals surface area contributed by atoms with Gasteiger partial charge in [0.15, 0.2) is 5.75 Å². The van der Waals surface area contributed by atoms with Gasteiger partial charge in [-0.25, -0.2) is 0 Å². The lowest BCUT2D eigenvalue weighted by atomic mass is 9.72. The molecule has 6 nitrogen and oxygen atoms in total. The van der Waals surface area contributed by atoms with Crippen LogP contribution in [0.15, 0.2) is 58.3 Å². The molecule has 0 radical (unpaired) electrons. The molecule has 6 bridgehead atoms. The third-order valence-electron chi connectivity index (χ3n) is 13.3. The fourth-order valence-corrected chi connectivity index (χ4v) is 13.6. The van der Waals surface area contributed by atoms with Crippen LogP contribution in [0.2, 0.25) is 0 Å². The first-order valence-electron chi connectivity index (χ1n) is 17.2. The van der Waals surface area contributed by atoms with Gasteiger partial charge < -0.3 is 4.18 Å². The quantitative estimate of drug-likeness (QED) is 0.204. The van der Waals surface area contributed by atoms with Crippen molar-refractivity contribution >= 4 is 31.0 Å². The van der Waals surface area contributed by atoms with Crippen LogP contribution in [0.4, 0.5) is 0 Å². The largest absolute Gasteiger partial charge is 0.378 e. The first-order chi connectivity index (χ1) is 21.6. The van der Waals surface area contributed by atoms with Crippen LogP contribution >= 0.6 is 0 Å². The van der Waals surface area contributed by atoms with Gasteiger partial charge in [-0.05, 0) is 146 Å². The molecule has 0 aliphatic heterocycles. The third kappa shape index (κ3) is 4.56. The summed E-state index contributed by atoms with van der Waals surface area (Å²) >= 11 is 0. The third-order valence-corrected chi connectivity index (χ3v) is 15.6. The summed E-state index contributed by atoms with van der Waals surface area (Å²) in [6.45, 7) is 0. The van der Waals surface area contributed by atoms with E-state index in [1.165, 1.54) is 56.2 Å². The maximum Gasteiger partial charge on any atom is 0.339 e. The highest BCUT2D eigenvalue weighted by molar-refractivity contribution is 7.87. The number of hydrogen-bond acceptors (Lipinski definition) is 5. The van der Waals surface area contributed by atoms with Gasteiger partial charge in [-0.3, -0.25) is 4.55 Å². The van der Waals surface area contributed by atoms with Gasteiger partial charge in [0.2, 0.25) is 0 Å². The van der Waals surface area contributed by atoms with Gasteiger partial charge in [-0.2, -0.15) is 16.8 Å². The minimum absolute atomic E-state index is 0.0910. The Kier molecular flexibility index (Phi) is 6.42. The number of rotatable bonds is 7. The van der Waals surface area contributed by atoms with E-state index < -0.39 is 20.2 Å². The molecule has 0 saturated heterocycles. The van der Waals surface area contributed by atoms with Gasteiger partial charge in [-0.15, -0.1) is 0 Å². The molecule has 3 aromatic rings. The molecular formula is C37H42O6S2. The fraction of sp³-hybridized carbons (Fsp3) is 0.568. The number of fused-ring (bicyclic) bond motifs is 7. The van der Waals surface area contributed by atoms with E-state index in [2.05, 4.69) is 12.1 Å². The molecule has 9 rings (SSSR count). The molecule has 6 unspecified atom stereocenters. The van der Waals surface area contributed by atoms with Crippen LogP contribution in [-0.2, 0) is 25.7 Å². The van der Waals surface area contributed by atoms with Gasteiger partial charge in [0, 0.05) is 10.8 Å². The van der Waals surface area contributed by atoms with Crippen LogP contribution in [0.5, 0.6) is 5.75 Å². The molecule has 6 fully saturated rings. The summed E-state index contributed by atoms with van der Waals surface area (Å²) in [6.07, 6.45) is 15.2. The summed E-state index contributed by atoms with van der Waals surface area (Å²) in [6, 6.07) is 13.9. The van der Waals surface area contributed by atoms with Crippen molar-refractivity contribution in [3.63, 3.8) is 0 Å². The zero-order valence-electron chi connectivity index (χ0n) is 25.7. The standard InChI is InChI=1S/C37H42O6S2/c38-44(39,40)35-10-9-34(28-3-1-2-4-29(28)35)43-45(41,42)36-32(31-18-24-6-8-26(31)16-24)19-27(30-17-23-5-7-25(30)15-23)20-33(36)37-13-11-22(21-37)12-14-37/h1-4,9-10,19-20,22-26,30-31H,5-8,11-18,21H2,(H,38,39,40). The van der Waals surface area contributed by atoms with Gasteiger partial charge in [0.05, 0.1) is 0 Å². The summed E-state index contributed by atoms with van der Waals surface area (Å²) in [4.78, 5) is 0.153.